The molecule has 2 N–H and O–H groups in total. The molecule has 186 valence electrons. The second-order valence-corrected chi connectivity index (χ2v) is 10.3. The fourth-order valence-electron chi connectivity index (χ4n) is 3.70. The Hall–Kier alpha value is -4.02. The zero-order valence-corrected chi connectivity index (χ0v) is 21.9. The van der Waals surface area contributed by atoms with Gasteiger partial charge in [-0.25, -0.2) is 4.98 Å². The molecular weight excluding hydrogens is 504 g/mol. The lowest BCUT2D eigenvalue weighted by Crippen LogP contribution is -2.24. The van der Waals surface area contributed by atoms with Gasteiger partial charge in [0.25, 0.3) is 5.91 Å². The number of hydrogen-bond acceptors (Lipinski definition) is 7. The highest BCUT2D eigenvalue weighted by molar-refractivity contribution is 7.99. The van der Waals surface area contributed by atoms with Gasteiger partial charge < -0.3 is 10.6 Å². The summed E-state index contributed by atoms with van der Waals surface area (Å²) in [5.74, 6) is 0.333. The number of aryl methyl sites for hydroxylation is 2. The van der Waals surface area contributed by atoms with E-state index in [-0.39, 0.29) is 24.1 Å². The maximum atomic E-state index is 12.8. The van der Waals surface area contributed by atoms with Crippen molar-refractivity contribution in [3.05, 3.63) is 95.3 Å². The molecule has 3 aromatic carbocycles. The van der Waals surface area contributed by atoms with E-state index in [1.54, 1.807) is 0 Å². The van der Waals surface area contributed by atoms with Gasteiger partial charge in [0.2, 0.25) is 5.91 Å². The van der Waals surface area contributed by atoms with Crippen molar-refractivity contribution in [3.8, 4) is 5.69 Å². The molecule has 5 rings (SSSR count). The Morgan fingerprint density at radius 1 is 0.946 bits per heavy atom. The summed E-state index contributed by atoms with van der Waals surface area (Å²) in [6.07, 6.45) is 0. The van der Waals surface area contributed by atoms with Gasteiger partial charge in [0.1, 0.15) is 0 Å². The Kier molecular flexibility index (Phi) is 7.29. The minimum absolute atomic E-state index is 0.135. The van der Waals surface area contributed by atoms with Crippen LogP contribution in [0.15, 0.2) is 78.0 Å². The minimum atomic E-state index is -0.185. The summed E-state index contributed by atoms with van der Waals surface area (Å²) in [7, 11) is 0. The smallest absolute Gasteiger partial charge is 0.251 e. The third-order valence-electron chi connectivity index (χ3n) is 5.76. The van der Waals surface area contributed by atoms with Crippen LogP contribution >= 0.6 is 23.1 Å². The van der Waals surface area contributed by atoms with E-state index in [0.717, 1.165) is 27.0 Å². The van der Waals surface area contributed by atoms with Crippen molar-refractivity contribution < 1.29 is 9.59 Å². The predicted molar refractivity (Wildman–Crippen MR) is 147 cm³/mol. The molecule has 0 radical (unpaired) electrons. The molecule has 37 heavy (non-hydrogen) atoms. The lowest BCUT2D eigenvalue weighted by molar-refractivity contribution is -0.113. The summed E-state index contributed by atoms with van der Waals surface area (Å²) in [4.78, 5) is 29.9. The SMILES string of the molecule is Cc1ccc(C(=O)NCc2nnc(SCC(=O)Nc3nc4ccccc4s3)n2-c2ccccc2)cc1C. The first kappa shape index (κ1) is 24.7. The molecule has 10 heteroatoms. The molecule has 0 bridgehead atoms. The zero-order chi connectivity index (χ0) is 25.8. The standard InChI is InChI=1S/C27H24N6O2S2/c1-17-12-13-19(14-18(17)2)25(35)28-15-23-31-32-27(33(23)20-8-4-3-5-9-20)36-16-24(34)30-26-29-21-10-6-7-11-22(21)37-26/h3-14H,15-16H2,1-2H3,(H,28,35)(H,29,30,34). The van der Waals surface area contributed by atoms with Gasteiger partial charge in [0, 0.05) is 11.3 Å². The van der Waals surface area contributed by atoms with Crippen LogP contribution in [-0.2, 0) is 11.3 Å². The third-order valence-corrected chi connectivity index (χ3v) is 7.64. The number of carbonyl (C=O) groups excluding carboxylic acids is 2. The van der Waals surface area contributed by atoms with E-state index >= 15 is 0 Å². The molecule has 0 saturated carbocycles. The highest BCUT2D eigenvalue weighted by Gasteiger charge is 2.18. The van der Waals surface area contributed by atoms with E-state index in [2.05, 4.69) is 25.8 Å². The largest absolute Gasteiger partial charge is 0.345 e. The molecule has 0 fully saturated rings. The predicted octanol–water partition coefficient (Wildman–Crippen LogP) is 5.15. The zero-order valence-electron chi connectivity index (χ0n) is 20.3. The minimum Gasteiger partial charge on any atom is -0.345 e. The molecule has 0 unspecified atom stereocenters. The lowest BCUT2D eigenvalue weighted by atomic mass is 10.1. The molecule has 0 atom stereocenters. The molecule has 5 aromatic rings. The average Bonchev–Trinajstić information content (AvgIpc) is 3.51. The lowest BCUT2D eigenvalue weighted by Gasteiger charge is -2.11. The van der Waals surface area contributed by atoms with Crippen LogP contribution in [0.2, 0.25) is 0 Å². The van der Waals surface area contributed by atoms with Gasteiger partial charge in [0.15, 0.2) is 16.1 Å². The Morgan fingerprint density at radius 2 is 1.73 bits per heavy atom. The fourth-order valence-corrected chi connectivity index (χ4v) is 5.35. The number of fused-ring (bicyclic) bond motifs is 1. The molecule has 0 aliphatic rings. The van der Waals surface area contributed by atoms with Crippen LogP contribution in [0, 0.1) is 13.8 Å². The summed E-state index contributed by atoms with van der Waals surface area (Å²) in [6.45, 7) is 4.18. The molecule has 0 spiro atoms. The van der Waals surface area contributed by atoms with Gasteiger partial charge in [0.05, 0.1) is 22.5 Å². The van der Waals surface area contributed by atoms with Gasteiger partial charge in [-0.1, -0.05) is 59.5 Å². The van der Waals surface area contributed by atoms with Crippen molar-refractivity contribution in [2.24, 2.45) is 0 Å². The van der Waals surface area contributed by atoms with Crippen molar-refractivity contribution in [1.29, 1.82) is 0 Å². The van der Waals surface area contributed by atoms with Crippen LogP contribution in [0.25, 0.3) is 15.9 Å². The Morgan fingerprint density at radius 3 is 2.51 bits per heavy atom. The summed E-state index contributed by atoms with van der Waals surface area (Å²) >= 11 is 2.71. The third kappa shape index (κ3) is 5.71. The highest BCUT2D eigenvalue weighted by Crippen LogP contribution is 2.26. The number of aromatic nitrogens is 4. The fraction of sp³-hybridized carbons (Fsp3) is 0.148. The number of carbonyl (C=O) groups is 2. The van der Waals surface area contributed by atoms with Gasteiger partial charge in [-0.15, -0.1) is 10.2 Å². The summed E-state index contributed by atoms with van der Waals surface area (Å²) < 4.78 is 2.87. The molecule has 0 aliphatic heterocycles. The van der Waals surface area contributed by atoms with E-state index in [9.17, 15) is 9.59 Å². The molecule has 0 saturated heterocycles. The van der Waals surface area contributed by atoms with Gasteiger partial charge in [-0.3, -0.25) is 14.2 Å². The summed E-state index contributed by atoms with van der Waals surface area (Å²) in [6, 6.07) is 23.0. The molecule has 0 aliphatic carbocycles. The van der Waals surface area contributed by atoms with Crippen LogP contribution < -0.4 is 10.6 Å². The number of thioether (sulfide) groups is 1. The van der Waals surface area contributed by atoms with Crippen molar-refractivity contribution >= 4 is 50.3 Å². The summed E-state index contributed by atoms with van der Waals surface area (Å²) in [5.41, 5.74) is 4.48. The second-order valence-electron chi connectivity index (χ2n) is 8.38. The van der Waals surface area contributed by atoms with Crippen molar-refractivity contribution in [2.45, 2.75) is 25.5 Å². The first-order valence-corrected chi connectivity index (χ1v) is 13.4. The molecule has 8 nitrogen and oxygen atoms in total. The van der Waals surface area contributed by atoms with E-state index in [4.69, 9.17) is 0 Å². The Labute approximate surface area is 222 Å². The first-order chi connectivity index (χ1) is 18.0. The number of thiazole rings is 1. The van der Waals surface area contributed by atoms with Crippen LogP contribution in [0.4, 0.5) is 5.13 Å². The van der Waals surface area contributed by atoms with Crippen LogP contribution in [0.1, 0.15) is 27.3 Å². The number of rotatable bonds is 8. The average molecular weight is 529 g/mol. The van der Waals surface area contributed by atoms with E-state index in [1.807, 2.05) is 91.2 Å². The molecule has 2 aromatic heterocycles. The topological polar surface area (TPSA) is 102 Å². The molecule has 2 heterocycles. The number of anilines is 1. The monoisotopic (exact) mass is 528 g/mol. The van der Waals surface area contributed by atoms with Crippen molar-refractivity contribution in [3.63, 3.8) is 0 Å². The van der Waals surface area contributed by atoms with Crippen LogP contribution in [0.5, 0.6) is 0 Å². The Balaban J connectivity index is 1.29. The van der Waals surface area contributed by atoms with Gasteiger partial charge in [-0.05, 0) is 61.4 Å². The van der Waals surface area contributed by atoms with Crippen LogP contribution in [-0.4, -0.2) is 37.3 Å². The number of benzene rings is 3. The Bertz CT molecular complexity index is 1550. The number of nitrogens with zero attached hydrogens (tertiary/aromatic N) is 4. The maximum Gasteiger partial charge on any atom is 0.251 e. The van der Waals surface area contributed by atoms with Crippen molar-refractivity contribution in [2.75, 3.05) is 11.1 Å². The molecule has 2 amide bonds. The van der Waals surface area contributed by atoms with Crippen LogP contribution in [0.3, 0.4) is 0 Å². The quantitative estimate of drug-likeness (QED) is 0.270. The first-order valence-electron chi connectivity index (χ1n) is 11.6. The highest BCUT2D eigenvalue weighted by atomic mass is 32.2. The number of hydrogen-bond donors (Lipinski definition) is 2. The summed E-state index contributed by atoms with van der Waals surface area (Å²) in [5, 5.41) is 15.6. The van der Waals surface area contributed by atoms with E-state index in [0.29, 0.717) is 21.7 Å². The van der Waals surface area contributed by atoms with E-state index in [1.165, 1.54) is 23.1 Å². The number of para-hydroxylation sites is 2. The number of amides is 2. The number of nitrogens with one attached hydrogen (secondary N) is 2. The molecular formula is C27H24N6O2S2. The second kappa shape index (κ2) is 10.9. The normalized spacial score (nSPS) is 11.0. The van der Waals surface area contributed by atoms with Gasteiger partial charge in [-0.2, -0.15) is 0 Å². The van der Waals surface area contributed by atoms with E-state index < -0.39 is 0 Å². The maximum absolute atomic E-state index is 12.8. The van der Waals surface area contributed by atoms with Gasteiger partial charge >= 0.3 is 0 Å². The van der Waals surface area contributed by atoms with Crippen molar-refractivity contribution in [1.82, 2.24) is 25.1 Å².